The van der Waals surface area contributed by atoms with Crippen molar-refractivity contribution < 1.29 is 14.3 Å². The number of carbonyl (C=O) groups is 1. The van der Waals surface area contributed by atoms with Gasteiger partial charge in [-0.15, -0.1) is 0 Å². The maximum Gasteiger partial charge on any atom is 0.260 e. The molecule has 1 aromatic heterocycles. The van der Waals surface area contributed by atoms with Crippen LogP contribution in [0.3, 0.4) is 0 Å². The maximum atomic E-state index is 12.5. The van der Waals surface area contributed by atoms with Crippen molar-refractivity contribution in [1.29, 1.82) is 0 Å². The molecule has 2 aliphatic heterocycles. The number of hydrogen-bond donors (Lipinski definition) is 0. The normalized spacial score (nSPS) is 17.2. The van der Waals surface area contributed by atoms with Crippen LogP contribution in [-0.2, 0) is 35.6 Å². The zero-order valence-electron chi connectivity index (χ0n) is 17.4. The molecule has 0 aliphatic carbocycles. The average molecular weight is 399 g/mol. The van der Waals surface area contributed by atoms with Crippen molar-refractivity contribution in [3.05, 3.63) is 46.8 Å². The fraction of sp³-hybridized carbons (Fsp3) is 0.545. The number of aryl methyl sites for hydroxylation is 2. The Labute approximate surface area is 172 Å². The third-order valence-corrected chi connectivity index (χ3v) is 5.73. The third kappa shape index (κ3) is 4.62. The number of hydrogen-bond acceptors (Lipinski definition) is 5. The van der Waals surface area contributed by atoms with Crippen LogP contribution in [0.25, 0.3) is 0 Å². The zero-order valence-corrected chi connectivity index (χ0v) is 17.4. The number of fused-ring (bicyclic) bond motifs is 1. The van der Waals surface area contributed by atoms with Crippen molar-refractivity contribution in [1.82, 2.24) is 19.6 Å². The van der Waals surface area contributed by atoms with Gasteiger partial charge in [0.1, 0.15) is 5.75 Å². The summed E-state index contributed by atoms with van der Waals surface area (Å²) >= 11 is 0. The van der Waals surface area contributed by atoms with E-state index in [0.717, 1.165) is 69.3 Å². The van der Waals surface area contributed by atoms with Crippen molar-refractivity contribution >= 4 is 5.91 Å². The number of amides is 1. The van der Waals surface area contributed by atoms with Gasteiger partial charge in [-0.1, -0.05) is 12.1 Å². The highest BCUT2D eigenvalue weighted by Gasteiger charge is 2.25. The summed E-state index contributed by atoms with van der Waals surface area (Å²) in [7, 11) is 0. The molecule has 1 amide bonds. The Bertz CT molecular complexity index is 856. The van der Waals surface area contributed by atoms with Gasteiger partial charge in [0, 0.05) is 56.9 Å². The molecule has 1 fully saturated rings. The lowest BCUT2D eigenvalue weighted by atomic mass is 10.1. The minimum Gasteiger partial charge on any atom is -0.484 e. The highest BCUT2D eigenvalue weighted by Crippen LogP contribution is 2.22. The van der Waals surface area contributed by atoms with Crippen LogP contribution >= 0.6 is 0 Å². The molecular weight excluding hydrogens is 368 g/mol. The molecule has 156 valence electrons. The predicted octanol–water partition coefficient (Wildman–Crippen LogP) is 2.01. The molecule has 2 aliphatic rings. The molecule has 4 rings (SSSR count). The molecular formula is C22H30N4O3. The Morgan fingerprint density at radius 1 is 1.24 bits per heavy atom. The van der Waals surface area contributed by atoms with Gasteiger partial charge >= 0.3 is 0 Å². The molecule has 1 saturated heterocycles. The van der Waals surface area contributed by atoms with Gasteiger partial charge in [0.05, 0.1) is 18.9 Å². The Balaban J connectivity index is 1.28. The van der Waals surface area contributed by atoms with E-state index in [1.165, 1.54) is 11.3 Å². The summed E-state index contributed by atoms with van der Waals surface area (Å²) < 4.78 is 13.5. The summed E-state index contributed by atoms with van der Waals surface area (Å²) in [6.07, 6.45) is 0.944. The number of ether oxygens (including phenoxy) is 2. The van der Waals surface area contributed by atoms with Crippen LogP contribution in [0.15, 0.2) is 24.3 Å². The highest BCUT2D eigenvalue weighted by molar-refractivity contribution is 5.77. The molecule has 7 heteroatoms. The summed E-state index contributed by atoms with van der Waals surface area (Å²) in [6.45, 7) is 10.6. The Hall–Kier alpha value is -2.38. The topological polar surface area (TPSA) is 59.8 Å². The fourth-order valence-corrected chi connectivity index (χ4v) is 4.08. The van der Waals surface area contributed by atoms with Crippen LogP contribution < -0.4 is 4.74 Å². The van der Waals surface area contributed by atoms with Crippen molar-refractivity contribution in [2.75, 3.05) is 39.4 Å². The Morgan fingerprint density at radius 2 is 2.07 bits per heavy atom. The predicted molar refractivity (Wildman–Crippen MR) is 110 cm³/mol. The van der Waals surface area contributed by atoms with E-state index in [0.29, 0.717) is 6.61 Å². The Kier molecular flexibility index (Phi) is 6.16. The summed E-state index contributed by atoms with van der Waals surface area (Å²) in [4.78, 5) is 16.8. The van der Waals surface area contributed by atoms with E-state index in [1.54, 1.807) is 0 Å². The van der Waals surface area contributed by atoms with Crippen LogP contribution in [0, 0.1) is 6.92 Å². The molecule has 0 saturated carbocycles. The summed E-state index contributed by atoms with van der Waals surface area (Å²) in [5, 5.41) is 4.82. The van der Waals surface area contributed by atoms with Crippen LogP contribution in [-0.4, -0.2) is 64.9 Å². The second-order valence-corrected chi connectivity index (χ2v) is 7.75. The number of piperazine rings is 1. The molecule has 2 aromatic rings. The van der Waals surface area contributed by atoms with Gasteiger partial charge in [0.25, 0.3) is 5.91 Å². The van der Waals surface area contributed by atoms with Gasteiger partial charge in [0.15, 0.2) is 6.61 Å². The van der Waals surface area contributed by atoms with E-state index in [1.807, 2.05) is 36.1 Å². The SMILES string of the molecule is CCn1nc(CN2CCN(C(=O)COc3cccc(C)c3)CC2)c2c1CCOC2. The first kappa shape index (κ1) is 19.9. The molecule has 1 aromatic carbocycles. The lowest BCUT2D eigenvalue weighted by Crippen LogP contribution is -2.49. The molecule has 0 unspecified atom stereocenters. The summed E-state index contributed by atoms with van der Waals surface area (Å²) in [5.41, 5.74) is 4.85. The van der Waals surface area contributed by atoms with Gasteiger partial charge in [-0.2, -0.15) is 5.10 Å². The van der Waals surface area contributed by atoms with Crippen molar-refractivity contribution in [3.63, 3.8) is 0 Å². The molecule has 29 heavy (non-hydrogen) atoms. The van der Waals surface area contributed by atoms with Gasteiger partial charge in [-0.25, -0.2) is 0 Å². The first-order chi connectivity index (χ1) is 14.1. The van der Waals surface area contributed by atoms with Crippen LogP contribution in [0.4, 0.5) is 0 Å². The van der Waals surface area contributed by atoms with E-state index in [9.17, 15) is 4.79 Å². The number of benzene rings is 1. The van der Waals surface area contributed by atoms with Crippen LogP contribution in [0.5, 0.6) is 5.75 Å². The van der Waals surface area contributed by atoms with Gasteiger partial charge < -0.3 is 14.4 Å². The first-order valence-corrected chi connectivity index (χ1v) is 10.5. The van der Waals surface area contributed by atoms with Crippen molar-refractivity contribution in [2.45, 2.75) is 40.0 Å². The minimum absolute atomic E-state index is 0.0483. The molecule has 3 heterocycles. The van der Waals surface area contributed by atoms with E-state index in [2.05, 4.69) is 16.5 Å². The van der Waals surface area contributed by atoms with Crippen LogP contribution in [0.1, 0.15) is 29.4 Å². The van der Waals surface area contributed by atoms with E-state index in [4.69, 9.17) is 14.6 Å². The average Bonchev–Trinajstić information content (AvgIpc) is 3.10. The van der Waals surface area contributed by atoms with E-state index in [-0.39, 0.29) is 12.5 Å². The second kappa shape index (κ2) is 8.97. The lowest BCUT2D eigenvalue weighted by molar-refractivity contribution is -0.135. The largest absolute Gasteiger partial charge is 0.484 e. The fourth-order valence-electron chi connectivity index (χ4n) is 4.08. The minimum atomic E-state index is 0.0483. The standard InChI is InChI=1S/C22H30N4O3/c1-3-26-21-7-12-28-15-19(21)20(23-26)14-24-8-10-25(11-9-24)22(27)16-29-18-6-4-5-17(2)13-18/h4-6,13H,3,7-12,14-16H2,1-2H3. The van der Waals surface area contributed by atoms with Crippen molar-refractivity contribution in [2.24, 2.45) is 0 Å². The smallest absolute Gasteiger partial charge is 0.260 e. The molecule has 0 N–H and O–H groups in total. The third-order valence-electron chi connectivity index (χ3n) is 5.73. The lowest BCUT2D eigenvalue weighted by Gasteiger charge is -2.34. The number of aromatic nitrogens is 2. The molecule has 0 spiro atoms. The highest BCUT2D eigenvalue weighted by atomic mass is 16.5. The van der Waals surface area contributed by atoms with E-state index < -0.39 is 0 Å². The maximum absolute atomic E-state index is 12.5. The molecule has 0 atom stereocenters. The molecule has 0 radical (unpaired) electrons. The van der Waals surface area contributed by atoms with Crippen LogP contribution in [0.2, 0.25) is 0 Å². The first-order valence-electron chi connectivity index (χ1n) is 10.5. The molecule has 0 bridgehead atoms. The summed E-state index contributed by atoms with van der Waals surface area (Å²) in [6, 6.07) is 7.79. The monoisotopic (exact) mass is 398 g/mol. The number of rotatable bonds is 6. The number of carbonyl (C=O) groups excluding carboxylic acids is 1. The van der Waals surface area contributed by atoms with Gasteiger partial charge in [-0.3, -0.25) is 14.4 Å². The number of nitrogens with zero attached hydrogens (tertiary/aromatic N) is 4. The quantitative estimate of drug-likeness (QED) is 0.745. The van der Waals surface area contributed by atoms with Crippen molar-refractivity contribution in [3.8, 4) is 5.75 Å². The summed E-state index contributed by atoms with van der Waals surface area (Å²) in [5.74, 6) is 0.794. The zero-order chi connectivity index (χ0) is 20.2. The van der Waals surface area contributed by atoms with E-state index >= 15 is 0 Å². The Morgan fingerprint density at radius 3 is 2.83 bits per heavy atom. The van der Waals surface area contributed by atoms with Gasteiger partial charge in [0.2, 0.25) is 0 Å². The van der Waals surface area contributed by atoms with Gasteiger partial charge in [-0.05, 0) is 31.5 Å². The molecule has 7 nitrogen and oxygen atoms in total. The second-order valence-electron chi connectivity index (χ2n) is 7.75.